The second-order valence-corrected chi connectivity index (χ2v) is 7.13. The number of anilines is 1. The standard InChI is InChI=1S/C19H24FN3O2/c1-13-10-16(14-6-4-7-15(20)18(14)21-13)23-9-5-8-19(25,12-23)11-17(24)22(2)3/h4,6-7,10,25H,5,8-9,11-12H2,1-3H3. The largest absolute Gasteiger partial charge is 0.388 e. The minimum absolute atomic E-state index is 0.0901. The number of fused-ring (bicyclic) bond motifs is 1. The van der Waals surface area contributed by atoms with Gasteiger partial charge in [0.15, 0.2) is 0 Å². The highest BCUT2D eigenvalue weighted by molar-refractivity contribution is 5.92. The quantitative estimate of drug-likeness (QED) is 0.929. The van der Waals surface area contributed by atoms with Crippen LogP contribution in [-0.2, 0) is 4.79 Å². The van der Waals surface area contributed by atoms with E-state index in [0.717, 1.165) is 29.7 Å². The van der Waals surface area contributed by atoms with Crippen molar-refractivity contribution in [2.24, 2.45) is 0 Å². The molecule has 1 saturated heterocycles. The van der Waals surface area contributed by atoms with E-state index in [4.69, 9.17) is 0 Å². The van der Waals surface area contributed by atoms with Crippen LogP contribution in [0.25, 0.3) is 10.9 Å². The van der Waals surface area contributed by atoms with E-state index in [-0.39, 0.29) is 18.1 Å². The SMILES string of the molecule is Cc1cc(N2CCCC(O)(CC(=O)N(C)C)C2)c2cccc(F)c2n1. The van der Waals surface area contributed by atoms with E-state index in [1.807, 2.05) is 24.0 Å². The molecule has 1 aliphatic rings. The second-order valence-electron chi connectivity index (χ2n) is 7.13. The van der Waals surface area contributed by atoms with Gasteiger partial charge in [0.2, 0.25) is 5.91 Å². The smallest absolute Gasteiger partial charge is 0.225 e. The summed E-state index contributed by atoms with van der Waals surface area (Å²) in [6.07, 6.45) is 1.45. The highest BCUT2D eigenvalue weighted by atomic mass is 19.1. The molecule has 0 aliphatic carbocycles. The first-order valence-electron chi connectivity index (χ1n) is 8.52. The summed E-state index contributed by atoms with van der Waals surface area (Å²) in [5.74, 6) is -0.441. The van der Waals surface area contributed by atoms with Crippen molar-refractivity contribution < 1.29 is 14.3 Å². The number of para-hydroxylation sites is 1. The molecule has 1 aromatic heterocycles. The van der Waals surface area contributed by atoms with Gasteiger partial charge in [0.1, 0.15) is 11.3 Å². The Bertz CT molecular complexity index is 809. The van der Waals surface area contributed by atoms with E-state index in [0.29, 0.717) is 18.5 Å². The number of halogens is 1. The summed E-state index contributed by atoms with van der Waals surface area (Å²) >= 11 is 0. The number of benzene rings is 1. The number of hydrogen-bond acceptors (Lipinski definition) is 4. The first kappa shape index (κ1) is 17.6. The molecule has 1 amide bonds. The molecule has 0 saturated carbocycles. The number of hydrogen-bond donors (Lipinski definition) is 1. The fourth-order valence-corrected chi connectivity index (χ4v) is 3.48. The van der Waals surface area contributed by atoms with E-state index >= 15 is 0 Å². The first-order valence-corrected chi connectivity index (χ1v) is 8.52. The molecule has 134 valence electrons. The van der Waals surface area contributed by atoms with Crippen molar-refractivity contribution in [1.29, 1.82) is 0 Å². The number of nitrogens with zero attached hydrogens (tertiary/aromatic N) is 3. The zero-order chi connectivity index (χ0) is 18.2. The van der Waals surface area contributed by atoms with Crippen molar-refractivity contribution in [1.82, 2.24) is 9.88 Å². The summed E-state index contributed by atoms with van der Waals surface area (Å²) in [4.78, 5) is 19.9. The van der Waals surface area contributed by atoms with E-state index in [9.17, 15) is 14.3 Å². The van der Waals surface area contributed by atoms with Crippen LogP contribution in [0.5, 0.6) is 0 Å². The molecular formula is C19H24FN3O2. The third-order valence-electron chi connectivity index (χ3n) is 4.77. The minimum atomic E-state index is -1.07. The lowest BCUT2D eigenvalue weighted by atomic mass is 9.88. The predicted molar refractivity (Wildman–Crippen MR) is 96.1 cm³/mol. The molecular weight excluding hydrogens is 321 g/mol. The van der Waals surface area contributed by atoms with Crippen molar-refractivity contribution >= 4 is 22.5 Å². The molecule has 1 aliphatic heterocycles. The van der Waals surface area contributed by atoms with Crippen LogP contribution < -0.4 is 4.90 Å². The Morgan fingerprint density at radius 1 is 1.44 bits per heavy atom. The Balaban J connectivity index is 1.95. The van der Waals surface area contributed by atoms with E-state index in [1.54, 1.807) is 20.2 Å². The number of pyridine rings is 1. The van der Waals surface area contributed by atoms with Crippen LogP contribution in [0.3, 0.4) is 0 Å². The number of rotatable bonds is 3. The minimum Gasteiger partial charge on any atom is -0.388 e. The van der Waals surface area contributed by atoms with Gasteiger partial charge in [-0.05, 0) is 31.9 Å². The molecule has 25 heavy (non-hydrogen) atoms. The van der Waals surface area contributed by atoms with Crippen molar-refractivity contribution in [3.8, 4) is 0 Å². The van der Waals surface area contributed by atoms with Crippen molar-refractivity contribution in [3.63, 3.8) is 0 Å². The average Bonchev–Trinajstić information content (AvgIpc) is 2.54. The molecule has 3 rings (SSSR count). The molecule has 1 atom stereocenters. The number of piperidine rings is 1. The Hall–Kier alpha value is -2.21. The molecule has 5 nitrogen and oxygen atoms in total. The van der Waals surface area contributed by atoms with Crippen LogP contribution >= 0.6 is 0 Å². The average molecular weight is 345 g/mol. The number of carbonyl (C=O) groups is 1. The summed E-state index contributed by atoms with van der Waals surface area (Å²) in [6, 6.07) is 6.84. The first-order chi connectivity index (χ1) is 11.8. The molecule has 2 heterocycles. The Morgan fingerprint density at radius 2 is 2.20 bits per heavy atom. The number of amides is 1. The number of aryl methyl sites for hydroxylation is 1. The fourth-order valence-electron chi connectivity index (χ4n) is 3.48. The summed E-state index contributed by atoms with van der Waals surface area (Å²) in [5, 5.41) is 11.7. The monoisotopic (exact) mass is 345 g/mol. The fraction of sp³-hybridized carbons (Fsp3) is 0.474. The maximum atomic E-state index is 14.1. The van der Waals surface area contributed by atoms with Crippen LogP contribution in [0.4, 0.5) is 10.1 Å². The Morgan fingerprint density at radius 3 is 2.92 bits per heavy atom. The van der Waals surface area contributed by atoms with Gasteiger partial charge in [-0.1, -0.05) is 12.1 Å². The van der Waals surface area contributed by atoms with Crippen molar-refractivity contribution in [2.45, 2.75) is 31.8 Å². The van der Waals surface area contributed by atoms with Crippen molar-refractivity contribution in [2.75, 3.05) is 32.1 Å². The van der Waals surface area contributed by atoms with Crippen LogP contribution in [0, 0.1) is 12.7 Å². The molecule has 1 unspecified atom stereocenters. The maximum Gasteiger partial charge on any atom is 0.225 e. The molecule has 0 radical (unpaired) electrons. The highest BCUT2D eigenvalue weighted by Gasteiger charge is 2.36. The molecule has 6 heteroatoms. The molecule has 0 bridgehead atoms. The zero-order valence-electron chi connectivity index (χ0n) is 14.9. The van der Waals surface area contributed by atoms with E-state index in [1.165, 1.54) is 11.0 Å². The van der Waals surface area contributed by atoms with Gasteiger partial charge in [0.25, 0.3) is 0 Å². The van der Waals surface area contributed by atoms with Gasteiger partial charge in [-0.25, -0.2) is 9.37 Å². The van der Waals surface area contributed by atoms with Gasteiger partial charge in [-0.2, -0.15) is 0 Å². The lowest BCUT2D eigenvalue weighted by Crippen LogP contribution is -2.50. The van der Waals surface area contributed by atoms with Gasteiger partial charge in [-0.3, -0.25) is 4.79 Å². The molecule has 1 N–H and O–H groups in total. The second kappa shape index (κ2) is 6.59. The van der Waals surface area contributed by atoms with Crippen LogP contribution in [0.1, 0.15) is 25.0 Å². The van der Waals surface area contributed by atoms with Crippen molar-refractivity contribution in [3.05, 3.63) is 35.8 Å². The molecule has 2 aromatic rings. The number of aliphatic hydroxyl groups is 1. The molecule has 1 aromatic carbocycles. The zero-order valence-corrected chi connectivity index (χ0v) is 14.9. The summed E-state index contributed by atoms with van der Waals surface area (Å²) in [7, 11) is 3.38. The molecule has 1 fully saturated rings. The van der Waals surface area contributed by atoms with E-state index in [2.05, 4.69) is 4.98 Å². The van der Waals surface area contributed by atoms with Crippen LogP contribution in [-0.4, -0.2) is 53.7 Å². The highest BCUT2D eigenvalue weighted by Crippen LogP contribution is 2.33. The normalized spacial score (nSPS) is 20.8. The van der Waals surface area contributed by atoms with Gasteiger partial charge in [-0.15, -0.1) is 0 Å². The molecule has 0 spiro atoms. The third-order valence-corrected chi connectivity index (χ3v) is 4.77. The summed E-state index contributed by atoms with van der Waals surface area (Å²) in [6.45, 7) is 2.94. The Labute approximate surface area is 147 Å². The lowest BCUT2D eigenvalue weighted by Gasteiger charge is -2.41. The number of carbonyl (C=O) groups excluding carboxylic acids is 1. The Kier molecular flexibility index (Phi) is 4.64. The van der Waals surface area contributed by atoms with Gasteiger partial charge in [0.05, 0.1) is 12.0 Å². The lowest BCUT2D eigenvalue weighted by molar-refractivity contribution is -0.134. The van der Waals surface area contributed by atoms with Crippen LogP contribution in [0.15, 0.2) is 24.3 Å². The number of aromatic nitrogens is 1. The number of β-amino-alcohol motifs (C(OH)–C–C–N with tert-alkyl or cyclic N) is 1. The van der Waals surface area contributed by atoms with E-state index < -0.39 is 5.60 Å². The third kappa shape index (κ3) is 3.58. The van der Waals surface area contributed by atoms with Crippen LogP contribution in [0.2, 0.25) is 0 Å². The maximum absolute atomic E-state index is 14.1. The topological polar surface area (TPSA) is 56.7 Å². The predicted octanol–water partition coefficient (Wildman–Crippen LogP) is 2.49. The van der Waals surface area contributed by atoms with Gasteiger partial charge < -0.3 is 14.9 Å². The summed E-state index contributed by atoms with van der Waals surface area (Å²) < 4.78 is 14.1. The summed E-state index contributed by atoms with van der Waals surface area (Å²) in [5.41, 5.74) is 0.857. The van der Waals surface area contributed by atoms with Gasteiger partial charge >= 0.3 is 0 Å². The van der Waals surface area contributed by atoms with Gasteiger partial charge in [0, 0.05) is 44.0 Å².